The molecule has 1 fully saturated rings. The lowest BCUT2D eigenvalue weighted by atomic mass is 9.92. The number of rotatable bonds is 15. The number of para-hydroxylation sites is 1. The number of aryl methyl sites for hydroxylation is 2. The van der Waals surface area contributed by atoms with E-state index in [-0.39, 0.29) is 36.8 Å². The summed E-state index contributed by atoms with van der Waals surface area (Å²) in [7, 11) is 0. The number of nitrogens with one attached hydrogen (secondary N) is 3. The first-order chi connectivity index (χ1) is 22.1. The van der Waals surface area contributed by atoms with Crippen LogP contribution in [0.4, 0.5) is 4.79 Å². The topological polar surface area (TPSA) is 120 Å². The van der Waals surface area contributed by atoms with Gasteiger partial charge in [0.05, 0.1) is 12.1 Å². The fourth-order valence-corrected chi connectivity index (χ4v) is 6.12. The van der Waals surface area contributed by atoms with Crippen molar-refractivity contribution in [3.8, 4) is 5.75 Å². The summed E-state index contributed by atoms with van der Waals surface area (Å²) in [5.41, 5.74) is 3.84. The van der Waals surface area contributed by atoms with Crippen LogP contribution in [-0.4, -0.2) is 71.8 Å². The van der Waals surface area contributed by atoms with Gasteiger partial charge in [0, 0.05) is 19.1 Å². The van der Waals surface area contributed by atoms with Crippen molar-refractivity contribution < 1.29 is 24.2 Å². The molecule has 46 heavy (non-hydrogen) atoms. The minimum Gasteiger partial charge on any atom is -0.483 e. The summed E-state index contributed by atoms with van der Waals surface area (Å²) in [6, 6.07) is 23.3. The highest BCUT2D eigenvalue weighted by Gasteiger charge is 2.35. The van der Waals surface area contributed by atoms with Crippen molar-refractivity contribution in [2.45, 2.75) is 77.6 Å². The van der Waals surface area contributed by atoms with E-state index in [4.69, 9.17) is 4.74 Å². The Morgan fingerprint density at radius 2 is 1.50 bits per heavy atom. The number of urea groups is 1. The van der Waals surface area contributed by atoms with Gasteiger partial charge in [-0.25, -0.2) is 4.79 Å². The molecule has 1 unspecified atom stereocenters. The predicted molar refractivity (Wildman–Crippen MR) is 180 cm³/mol. The zero-order chi connectivity index (χ0) is 33.1. The van der Waals surface area contributed by atoms with E-state index >= 15 is 0 Å². The monoisotopic (exact) mass is 628 g/mol. The number of nitrogens with zero attached hydrogens (tertiary/aromatic N) is 1. The number of hydrogen-bond acceptors (Lipinski definition) is 5. The van der Waals surface area contributed by atoms with Crippen molar-refractivity contribution >= 4 is 17.8 Å². The molecule has 0 saturated carbocycles. The minimum atomic E-state index is -0.992. The molecule has 4 atom stereocenters. The Hall–Kier alpha value is -4.37. The van der Waals surface area contributed by atoms with E-state index in [2.05, 4.69) is 16.0 Å². The number of aliphatic hydroxyl groups excluding tert-OH is 1. The molecule has 0 spiro atoms. The lowest BCUT2D eigenvalue weighted by molar-refractivity contribution is -0.128. The van der Waals surface area contributed by atoms with Crippen LogP contribution in [0.25, 0.3) is 0 Å². The van der Waals surface area contributed by atoms with Gasteiger partial charge in [0.15, 0.2) is 6.61 Å². The Kier molecular flexibility index (Phi) is 12.6. The van der Waals surface area contributed by atoms with Crippen molar-refractivity contribution in [3.63, 3.8) is 0 Å². The molecule has 9 nitrogen and oxygen atoms in total. The number of hydrogen-bond donors (Lipinski definition) is 4. The van der Waals surface area contributed by atoms with Gasteiger partial charge < -0.3 is 30.7 Å². The highest BCUT2D eigenvalue weighted by atomic mass is 16.5. The Balaban J connectivity index is 1.52. The second-order valence-corrected chi connectivity index (χ2v) is 12.5. The smallest absolute Gasteiger partial charge is 0.318 e. The molecule has 0 aromatic heterocycles. The molecule has 9 heteroatoms. The molecule has 0 bridgehead atoms. The van der Waals surface area contributed by atoms with E-state index in [1.807, 2.05) is 107 Å². The van der Waals surface area contributed by atoms with Gasteiger partial charge in [0.25, 0.3) is 5.91 Å². The molecule has 4 N–H and O–H groups in total. The zero-order valence-corrected chi connectivity index (χ0v) is 27.4. The third-order valence-corrected chi connectivity index (χ3v) is 8.41. The molecular weight excluding hydrogens is 580 g/mol. The maximum atomic E-state index is 13.8. The lowest BCUT2D eigenvalue weighted by Crippen LogP contribution is -2.59. The Bertz CT molecular complexity index is 1410. The van der Waals surface area contributed by atoms with Gasteiger partial charge >= 0.3 is 6.03 Å². The van der Waals surface area contributed by atoms with Gasteiger partial charge in [0.1, 0.15) is 11.8 Å². The second-order valence-electron chi connectivity index (χ2n) is 12.5. The van der Waals surface area contributed by atoms with Crippen LogP contribution in [0.3, 0.4) is 0 Å². The Morgan fingerprint density at radius 1 is 0.891 bits per heavy atom. The van der Waals surface area contributed by atoms with Gasteiger partial charge in [-0.15, -0.1) is 0 Å². The van der Waals surface area contributed by atoms with E-state index in [9.17, 15) is 19.5 Å². The summed E-state index contributed by atoms with van der Waals surface area (Å²) in [6.45, 7) is 8.63. The quantitative estimate of drug-likeness (QED) is 0.200. The van der Waals surface area contributed by atoms with Gasteiger partial charge in [-0.2, -0.15) is 0 Å². The Morgan fingerprint density at radius 3 is 2.09 bits per heavy atom. The van der Waals surface area contributed by atoms with Crippen LogP contribution in [0, 0.1) is 19.8 Å². The molecule has 0 radical (unpaired) electrons. The molecule has 3 aromatic rings. The first-order valence-electron chi connectivity index (χ1n) is 16.2. The van der Waals surface area contributed by atoms with Crippen LogP contribution >= 0.6 is 0 Å². The number of ether oxygens (including phenoxy) is 1. The number of amides is 4. The average molecular weight is 629 g/mol. The van der Waals surface area contributed by atoms with Crippen LogP contribution in [0.2, 0.25) is 0 Å². The van der Waals surface area contributed by atoms with Gasteiger partial charge in [-0.1, -0.05) is 92.7 Å². The summed E-state index contributed by atoms with van der Waals surface area (Å²) in [4.78, 5) is 41.3. The fourth-order valence-electron chi connectivity index (χ4n) is 6.12. The van der Waals surface area contributed by atoms with Crippen LogP contribution in [0.5, 0.6) is 5.75 Å². The second kappa shape index (κ2) is 16.8. The largest absolute Gasteiger partial charge is 0.483 e. The minimum absolute atomic E-state index is 0.117. The standard InChI is InChI=1S/C37H48N4O5/c1-25(2)34(41-20-12-19-38-37(41)45)36(44)39-30(21-28-15-7-5-8-16-28)23-32(42)31(22-29-17-9-6-10-18-29)40-33(43)24-46-35-26(3)13-11-14-27(35)4/h5-11,13-18,25,30-32,34,42H,12,19-24H2,1-4H3,(H,38,45)(H,39,44)(H,40,43)/t30-,31?,32-,34-/m0/s1. The van der Waals surface area contributed by atoms with Crippen LogP contribution < -0.4 is 20.7 Å². The average Bonchev–Trinajstić information content (AvgIpc) is 3.02. The van der Waals surface area contributed by atoms with E-state index in [0.717, 1.165) is 28.7 Å². The van der Waals surface area contributed by atoms with Gasteiger partial charge in [-0.05, 0) is 67.7 Å². The molecule has 1 saturated heterocycles. The van der Waals surface area contributed by atoms with Crippen molar-refractivity contribution in [2.24, 2.45) is 5.92 Å². The molecular formula is C37H48N4O5. The third kappa shape index (κ3) is 9.81. The molecule has 1 aliphatic rings. The van der Waals surface area contributed by atoms with Crippen molar-refractivity contribution in [3.05, 3.63) is 101 Å². The SMILES string of the molecule is Cc1cccc(C)c1OCC(=O)NC(Cc1ccccc1)[C@@H](O)C[C@H](Cc1ccccc1)NC(=O)[C@H](C(C)C)N1CCCNC1=O. The lowest BCUT2D eigenvalue weighted by Gasteiger charge is -2.37. The highest BCUT2D eigenvalue weighted by Crippen LogP contribution is 2.22. The first kappa shape index (κ1) is 34.5. The molecule has 4 rings (SSSR count). The van der Waals surface area contributed by atoms with Crippen molar-refractivity contribution in [2.75, 3.05) is 19.7 Å². The normalized spacial score (nSPS) is 15.8. The van der Waals surface area contributed by atoms with Crippen LogP contribution in [0.1, 0.15) is 48.9 Å². The summed E-state index contributed by atoms with van der Waals surface area (Å²) in [5.74, 6) is -0.0493. The molecule has 1 aliphatic heterocycles. The first-order valence-corrected chi connectivity index (χ1v) is 16.2. The fraction of sp³-hybridized carbons (Fsp3) is 0.432. The summed E-state index contributed by atoms with van der Waals surface area (Å²) < 4.78 is 5.90. The number of carbonyl (C=O) groups excluding carboxylic acids is 3. The van der Waals surface area contributed by atoms with Crippen LogP contribution in [-0.2, 0) is 22.4 Å². The third-order valence-electron chi connectivity index (χ3n) is 8.41. The Labute approximate surface area is 272 Å². The maximum absolute atomic E-state index is 13.8. The molecule has 246 valence electrons. The van der Waals surface area contributed by atoms with E-state index in [1.165, 1.54) is 0 Å². The molecule has 4 amide bonds. The van der Waals surface area contributed by atoms with Crippen molar-refractivity contribution in [1.82, 2.24) is 20.9 Å². The molecule has 3 aromatic carbocycles. The predicted octanol–water partition coefficient (Wildman–Crippen LogP) is 4.33. The molecule has 0 aliphatic carbocycles. The van der Waals surface area contributed by atoms with E-state index < -0.39 is 24.2 Å². The van der Waals surface area contributed by atoms with E-state index in [1.54, 1.807) is 4.90 Å². The van der Waals surface area contributed by atoms with Gasteiger partial charge in [-0.3, -0.25) is 9.59 Å². The van der Waals surface area contributed by atoms with E-state index in [0.29, 0.717) is 31.7 Å². The van der Waals surface area contributed by atoms with Gasteiger partial charge in [0.2, 0.25) is 5.91 Å². The van der Waals surface area contributed by atoms with Crippen molar-refractivity contribution in [1.29, 1.82) is 0 Å². The summed E-state index contributed by atoms with van der Waals surface area (Å²) in [6.07, 6.45) is 0.831. The zero-order valence-electron chi connectivity index (χ0n) is 27.4. The summed E-state index contributed by atoms with van der Waals surface area (Å²) in [5, 5.41) is 20.7. The molecule has 1 heterocycles. The summed E-state index contributed by atoms with van der Waals surface area (Å²) >= 11 is 0. The number of carbonyl (C=O) groups is 3. The highest BCUT2D eigenvalue weighted by molar-refractivity contribution is 5.87. The number of benzene rings is 3. The maximum Gasteiger partial charge on any atom is 0.318 e. The number of aliphatic hydroxyl groups is 1. The van der Waals surface area contributed by atoms with Crippen LogP contribution in [0.15, 0.2) is 78.9 Å².